The van der Waals surface area contributed by atoms with Gasteiger partial charge in [0.25, 0.3) is 0 Å². The van der Waals surface area contributed by atoms with Crippen LogP contribution < -0.4 is 0 Å². The Morgan fingerprint density at radius 2 is 2.14 bits per heavy atom. The number of nitrogens with zero attached hydrogens (tertiary/aromatic N) is 2. The number of hydrogen-bond acceptors (Lipinski definition) is 6. The Labute approximate surface area is 125 Å². The Bertz CT molecular complexity index is 736. The third-order valence-corrected chi connectivity index (χ3v) is 3.54. The van der Waals surface area contributed by atoms with E-state index in [4.69, 9.17) is 9.15 Å². The predicted octanol–water partition coefficient (Wildman–Crippen LogP) is 3.46. The highest BCUT2D eigenvalue weighted by atomic mass is 32.1. The summed E-state index contributed by atoms with van der Waals surface area (Å²) in [5, 5.41) is 2.42. The van der Waals surface area contributed by atoms with E-state index in [-0.39, 0.29) is 12.3 Å². The first-order valence-electron chi connectivity index (χ1n) is 6.32. The number of hydrogen-bond donors (Lipinski definition) is 0. The van der Waals surface area contributed by atoms with Crippen LogP contribution in [0.2, 0.25) is 0 Å². The minimum atomic E-state index is -0.513. The van der Waals surface area contributed by atoms with Crippen LogP contribution in [0.4, 0.5) is 0 Å². The lowest BCUT2D eigenvalue weighted by Gasteiger charge is -2.03. The second-order valence-corrected chi connectivity index (χ2v) is 5.20. The van der Waals surface area contributed by atoms with Gasteiger partial charge in [0.15, 0.2) is 22.4 Å². The van der Waals surface area contributed by atoms with E-state index in [0.717, 1.165) is 5.56 Å². The predicted molar refractivity (Wildman–Crippen MR) is 77.9 cm³/mol. The van der Waals surface area contributed by atoms with Crippen molar-refractivity contribution in [1.29, 1.82) is 0 Å². The molecule has 0 aliphatic heterocycles. The zero-order valence-corrected chi connectivity index (χ0v) is 12.1. The minimum absolute atomic E-state index is 0.165. The van der Waals surface area contributed by atoms with E-state index in [1.165, 1.54) is 11.3 Å². The van der Waals surface area contributed by atoms with E-state index in [0.29, 0.717) is 16.7 Å². The van der Waals surface area contributed by atoms with Crippen LogP contribution in [0.15, 0.2) is 46.3 Å². The number of carbonyl (C=O) groups excluding carboxylic acids is 1. The highest BCUT2D eigenvalue weighted by molar-refractivity contribution is 7.13. The molecule has 21 heavy (non-hydrogen) atoms. The molecule has 2 aromatic heterocycles. The summed E-state index contributed by atoms with van der Waals surface area (Å²) in [5.41, 5.74) is 1.08. The number of benzene rings is 1. The van der Waals surface area contributed by atoms with Gasteiger partial charge in [0.2, 0.25) is 0 Å². The van der Waals surface area contributed by atoms with E-state index in [1.807, 2.05) is 35.7 Å². The number of carbonyl (C=O) groups is 1. The molecule has 0 aliphatic rings. The first-order valence-corrected chi connectivity index (χ1v) is 7.20. The third-order valence-electron chi connectivity index (χ3n) is 2.77. The van der Waals surface area contributed by atoms with Gasteiger partial charge in [-0.25, -0.2) is 14.8 Å². The highest BCUT2D eigenvalue weighted by Crippen LogP contribution is 2.27. The Morgan fingerprint density at radius 1 is 1.33 bits per heavy atom. The molecule has 0 unspecified atom stereocenters. The molecule has 0 radical (unpaired) electrons. The van der Waals surface area contributed by atoms with Gasteiger partial charge in [0.1, 0.15) is 6.61 Å². The van der Waals surface area contributed by atoms with Gasteiger partial charge in [-0.15, -0.1) is 11.3 Å². The van der Waals surface area contributed by atoms with Crippen molar-refractivity contribution in [2.24, 2.45) is 0 Å². The summed E-state index contributed by atoms with van der Waals surface area (Å²) in [4.78, 5) is 20.4. The van der Waals surface area contributed by atoms with Crippen LogP contribution in [0.5, 0.6) is 0 Å². The van der Waals surface area contributed by atoms with Crippen LogP contribution in [-0.4, -0.2) is 15.9 Å². The summed E-state index contributed by atoms with van der Waals surface area (Å²) in [7, 11) is 0. The Kier molecular flexibility index (Phi) is 3.79. The average Bonchev–Trinajstić information content (AvgIpc) is 3.14. The van der Waals surface area contributed by atoms with Gasteiger partial charge < -0.3 is 9.15 Å². The molecule has 106 valence electrons. The monoisotopic (exact) mass is 300 g/mol. The standard InChI is InChI=1S/C15H12N2O3S/c1-10-17-12(13(20-10)14-16-7-8-21-14)15(18)19-9-11-5-3-2-4-6-11/h2-8H,9H2,1H3. The summed E-state index contributed by atoms with van der Waals surface area (Å²) >= 11 is 1.38. The Balaban J connectivity index is 1.79. The molecule has 3 aromatic rings. The second-order valence-electron chi connectivity index (χ2n) is 4.31. The number of rotatable bonds is 4. The molecule has 0 amide bonds. The van der Waals surface area contributed by atoms with E-state index in [1.54, 1.807) is 13.1 Å². The number of thiazole rings is 1. The largest absolute Gasteiger partial charge is 0.456 e. The molecular formula is C15H12N2O3S. The van der Waals surface area contributed by atoms with Gasteiger partial charge in [0.05, 0.1) is 0 Å². The molecule has 0 bridgehead atoms. The van der Waals surface area contributed by atoms with Crippen LogP contribution in [0, 0.1) is 6.92 Å². The maximum absolute atomic E-state index is 12.2. The van der Waals surface area contributed by atoms with Crippen molar-refractivity contribution in [3.63, 3.8) is 0 Å². The molecule has 0 aliphatic carbocycles. The number of aromatic nitrogens is 2. The fourth-order valence-electron chi connectivity index (χ4n) is 1.84. The molecule has 0 N–H and O–H groups in total. The summed E-state index contributed by atoms with van der Waals surface area (Å²) in [6.45, 7) is 1.88. The van der Waals surface area contributed by atoms with Gasteiger partial charge >= 0.3 is 5.97 Å². The Hall–Kier alpha value is -2.47. The van der Waals surface area contributed by atoms with Crippen molar-refractivity contribution in [2.75, 3.05) is 0 Å². The third kappa shape index (κ3) is 3.00. The van der Waals surface area contributed by atoms with Crippen LogP contribution in [-0.2, 0) is 11.3 Å². The number of ether oxygens (including phenoxy) is 1. The zero-order valence-electron chi connectivity index (χ0n) is 11.3. The first kappa shape index (κ1) is 13.5. The van der Waals surface area contributed by atoms with E-state index in [2.05, 4.69) is 9.97 Å². The molecule has 0 saturated carbocycles. The summed E-state index contributed by atoms with van der Waals surface area (Å²) in [5.74, 6) is 0.258. The summed E-state index contributed by atoms with van der Waals surface area (Å²) in [6.07, 6.45) is 1.65. The molecule has 0 saturated heterocycles. The van der Waals surface area contributed by atoms with Crippen LogP contribution in [0.3, 0.4) is 0 Å². The molecule has 6 heteroatoms. The van der Waals surface area contributed by atoms with Crippen molar-refractivity contribution < 1.29 is 13.9 Å². The second kappa shape index (κ2) is 5.88. The fraction of sp³-hybridized carbons (Fsp3) is 0.133. The number of aryl methyl sites for hydroxylation is 1. The minimum Gasteiger partial charge on any atom is -0.456 e. The topological polar surface area (TPSA) is 65.2 Å². The summed E-state index contributed by atoms with van der Waals surface area (Å²) < 4.78 is 10.7. The molecule has 3 rings (SSSR count). The number of esters is 1. The smallest absolute Gasteiger partial charge is 0.361 e. The first-order chi connectivity index (χ1) is 10.2. The lowest BCUT2D eigenvalue weighted by Crippen LogP contribution is -2.07. The quantitative estimate of drug-likeness (QED) is 0.690. The van der Waals surface area contributed by atoms with Crippen molar-refractivity contribution in [1.82, 2.24) is 9.97 Å². The van der Waals surface area contributed by atoms with Crippen molar-refractivity contribution in [3.05, 3.63) is 59.1 Å². The molecular weight excluding hydrogens is 288 g/mol. The summed E-state index contributed by atoms with van der Waals surface area (Å²) in [6, 6.07) is 9.48. The normalized spacial score (nSPS) is 10.5. The van der Waals surface area contributed by atoms with Crippen LogP contribution >= 0.6 is 11.3 Å². The highest BCUT2D eigenvalue weighted by Gasteiger charge is 2.23. The molecule has 1 aromatic carbocycles. The maximum atomic E-state index is 12.2. The van der Waals surface area contributed by atoms with Gasteiger partial charge in [-0.1, -0.05) is 30.3 Å². The average molecular weight is 300 g/mol. The molecule has 0 spiro atoms. The Morgan fingerprint density at radius 3 is 2.86 bits per heavy atom. The van der Waals surface area contributed by atoms with Gasteiger partial charge in [-0.3, -0.25) is 0 Å². The van der Waals surface area contributed by atoms with Gasteiger partial charge in [0, 0.05) is 18.5 Å². The van der Waals surface area contributed by atoms with Crippen molar-refractivity contribution in [2.45, 2.75) is 13.5 Å². The number of oxazole rings is 1. The zero-order chi connectivity index (χ0) is 14.7. The van der Waals surface area contributed by atoms with E-state index in [9.17, 15) is 4.79 Å². The molecule has 0 atom stereocenters. The fourth-order valence-corrected chi connectivity index (χ4v) is 2.46. The molecule has 2 heterocycles. The van der Waals surface area contributed by atoms with Crippen LogP contribution in [0.25, 0.3) is 10.8 Å². The van der Waals surface area contributed by atoms with E-state index < -0.39 is 5.97 Å². The van der Waals surface area contributed by atoms with Gasteiger partial charge in [-0.2, -0.15) is 0 Å². The lowest BCUT2D eigenvalue weighted by atomic mass is 10.2. The molecule has 5 nitrogen and oxygen atoms in total. The lowest BCUT2D eigenvalue weighted by molar-refractivity contribution is 0.0467. The van der Waals surface area contributed by atoms with Gasteiger partial charge in [-0.05, 0) is 5.56 Å². The maximum Gasteiger partial charge on any atom is 0.361 e. The molecule has 0 fully saturated rings. The SMILES string of the molecule is Cc1nc(C(=O)OCc2ccccc2)c(-c2nccs2)o1. The van der Waals surface area contributed by atoms with Crippen LogP contribution in [0.1, 0.15) is 21.9 Å². The van der Waals surface area contributed by atoms with Crippen molar-refractivity contribution in [3.8, 4) is 10.8 Å². The van der Waals surface area contributed by atoms with Crippen molar-refractivity contribution >= 4 is 17.3 Å². The van der Waals surface area contributed by atoms with E-state index >= 15 is 0 Å².